The Labute approximate surface area is 262 Å². The van der Waals surface area contributed by atoms with Crippen molar-refractivity contribution < 1.29 is 31.2 Å². The van der Waals surface area contributed by atoms with Crippen LogP contribution in [0, 0.1) is 0 Å². The van der Waals surface area contributed by atoms with E-state index in [-0.39, 0.29) is 50.0 Å². The number of nitrogens with one attached hydrogen (secondary N) is 1. The van der Waals surface area contributed by atoms with Crippen molar-refractivity contribution in [2.75, 3.05) is 17.1 Å². The van der Waals surface area contributed by atoms with Gasteiger partial charge in [0, 0.05) is 37.0 Å². The number of amides is 2. The molecule has 0 saturated heterocycles. The fourth-order valence-electron chi connectivity index (χ4n) is 4.65. The van der Waals surface area contributed by atoms with Crippen molar-refractivity contribution in [1.29, 1.82) is 0 Å². The first-order chi connectivity index (χ1) is 20.7. The number of anilines is 1. The predicted octanol–water partition coefficient (Wildman–Crippen LogP) is 6.46. The van der Waals surface area contributed by atoms with Gasteiger partial charge in [-0.05, 0) is 55.2 Å². The number of hydrogen-bond donors (Lipinski definition) is 1. The lowest BCUT2D eigenvalue weighted by molar-refractivity contribution is -0.141. The van der Waals surface area contributed by atoms with Crippen LogP contribution in [-0.2, 0) is 38.8 Å². The maximum absolute atomic E-state index is 13.9. The predicted molar refractivity (Wildman–Crippen MR) is 167 cm³/mol. The van der Waals surface area contributed by atoms with E-state index in [4.69, 9.17) is 11.6 Å². The van der Waals surface area contributed by atoms with Gasteiger partial charge in [-0.2, -0.15) is 13.2 Å². The van der Waals surface area contributed by atoms with E-state index in [2.05, 4.69) is 5.32 Å². The van der Waals surface area contributed by atoms with Gasteiger partial charge < -0.3 is 10.2 Å². The van der Waals surface area contributed by atoms with E-state index in [9.17, 15) is 31.2 Å². The van der Waals surface area contributed by atoms with Gasteiger partial charge in [-0.15, -0.1) is 0 Å². The first-order valence-electron chi connectivity index (χ1n) is 14.2. The molecule has 12 heteroatoms. The molecule has 0 aliphatic heterocycles. The van der Waals surface area contributed by atoms with Crippen molar-refractivity contribution in [3.05, 3.63) is 101 Å². The topological polar surface area (TPSA) is 86.8 Å². The Morgan fingerprint density at radius 1 is 0.977 bits per heavy atom. The van der Waals surface area contributed by atoms with Crippen molar-refractivity contribution >= 4 is 39.1 Å². The summed E-state index contributed by atoms with van der Waals surface area (Å²) in [5.41, 5.74) is 0.319. The average molecular weight is 652 g/mol. The molecule has 238 valence electrons. The molecule has 0 unspecified atom stereocenters. The Kier molecular flexibility index (Phi) is 12.2. The summed E-state index contributed by atoms with van der Waals surface area (Å²) in [6.45, 7) is 3.58. The molecule has 0 aliphatic carbocycles. The summed E-state index contributed by atoms with van der Waals surface area (Å²) in [5, 5.41) is 3.39. The van der Waals surface area contributed by atoms with E-state index in [1.54, 1.807) is 24.3 Å². The third kappa shape index (κ3) is 9.99. The number of rotatable bonds is 14. The Hall–Kier alpha value is -3.57. The summed E-state index contributed by atoms with van der Waals surface area (Å²) in [4.78, 5) is 29.0. The number of carbonyl (C=O) groups is 2. The highest BCUT2D eigenvalue weighted by Crippen LogP contribution is 2.32. The second-order valence-corrected chi connectivity index (χ2v) is 12.9. The van der Waals surface area contributed by atoms with E-state index in [1.807, 2.05) is 44.2 Å². The molecule has 0 fully saturated rings. The van der Waals surface area contributed by atoms with E-state index >= 15 is 0 Å². The fourth-order valence-corrected chi connectivity index (χ4v) is 5.80. The summed E-state index contributed by atoms with van der Waals surface area (Å²) in [6, 6.07) is 19.2. The number of carbonyl (C=O) groups excluding carboxylic acids is 2. The smallest absolute Gasteiger partial charge is 0.352 e. The van der Waals surface area contributed by atoms with Crippen LogP contribution in [-0.4, -0.2) is 50.0 Å². The van der Waals surface area contributed by atoms with Gasteiger partial charge in [-0.1, -0.05) is 73.1 Å². The number of nitrogens with zero attached hydrogens (tertiary/aromatic N) is 2. The van der Waals surface area contributed by atoms with Gasteiger partial charge in [0.25, 0.3) is 0 Å². The number of benzene rings is 3. The number of halogens is 4. The summed E-state index contributed by atoms with van der Waals surface area (Å²) in [5.74, 6) is -0.770. The molecule has 2 amide bonds. The molecule has 0 aliphatic rings. The first kappa shape index (κ1) is 34.9. The Balaban J connectivity index is 1.91. The van der Waals surface area contributed by atoms with Gasteiger partial charge in [-0.25, -0.2) is 8.42 Å². The van der Waals surface area contributed by atoms with Crippen molar-refractivity contribution in [3.8, 4) is 0 Å². The number of alkyl halides is 3. The molecule has 1 N–H and O–H groups in total. The zero-order valence-corrected chi connectivity index (χ0v) is 26.4. The van der Waals surface area contributed by atoms with Gasteiger partial charge >= 0.3 is 6.18 Å². The quantitative estimate of drug-likeness (QED) is 0.217. The van der Waals surface area contributed by atoms with Crippen LogP contribution in [0.5, 0.6) is 0 Å². The molecular weight excluding hydrogens is 615 g/mol. The van der Waals surface area contributed by atoms with Crippen LogP contribution in [0.2, 0.25) is 5.02 Å². The molecule has 3 aromatic carbocycles. The molecule has 0 radical (unpaired) electrons. The number of hydrogen-bond acceptors (Lipinski definition) is 4. The average Bonchev–Trinajstić information content (AvgIpc) is 2.97. The first-order valence-corrected chi connectivity index (χ1v) is 16.5. The Morgan fingerprint density at radius 2 is 1.64 bits per heavy atom. The molecule has 7 nitrogen and oxygen atoms in total. The van der Waals surface area contributed by atoms with Crippen LogP contribution in [0.1, 0.15) is 49.8 Å². The zero-order chi connectivity index (χ0) is 32.5. The molecule has 0 aromatic heterocycles. The van der Waals surface area contributed by atoms with Crippen molar-refractivity contribution in [3.63, 3.8) is 0 Å². The molecule has 0 spiro atoms. The lowest BCUT2D eigenvalue weighted by Gasteiger charge is -2.33. The summed E-state index contributed by atoms with van der Waals surface area (Å²) < 4.78 is 66.0. The van der Waals surface area contributed by atoms with Gasteiger partial charge in [-0.3, -0.25) is 13.9 Å². The maximum Gasteiger partial charge on any atom is 0.416 e. The number of sulfonamides is 1. The van der Waals surface area contributed by atoms with Crippen LogP contribution in [0.4, 0.5) is 18.9 Å². The fraction of sp³-hybridized carbons (Fsp3) is 0.375. The van der Waals surface area contributed by atoms with E-state index in [0.717, 1.165) is 34.3 Å². The highest BCUT2D eigenvalue weighted by Gasteiger charge is 2.33. The third-order valence-electron chi connectivity index (χ3n) is 7.18. The second kappa shape index (κ2) is 15.4. The largest absolute Gasteiger partial charge is 0.416 e. The minimum atomic E-state index is -4.65. The van der Waals surface area contributed by atoms with Crippen LogP contribution >= 0.6 is 11.6 Å². The molecular formula is C32H37ClF3N3O4S. The van der Waals surface area contributed by atoms with E-state index in [0.29, 0.717) is 17.0 Å². The second-order valence-electron chi connectivity index (χ2n) is 10.6. The van der Waals surface area contributed by atoms with Crippen LogP contribution in [0.25, 0.3) is 0 Å². The monoisotopic (exact) mass is 651 g/mol. The van der Waals surface area contributed by atoms with Gasteiger partial charge in [0.2, 0.25) is 21.8 Å². The van der Waals surface area contributed by atoms with E-state index in [1.165, 1.54) is 11.0 Å². The Morgan fingerprint density at radius 3 is 2.25 bits per heavy atom. The standard InChI is InChI=1S/C32H37ClF3N3O4S/c1-4-23(2)37-31(41)29(20-24-12-6-5-7-13-24)38(22-25-14-8-9-17-28(25)33)30(40)18-11-19-39(44(3,42)43)27-16-10-15-26(21-27)32(34,35)36/h5-10,12-17,21,23,29H,4,11,18-20,22H2,1-3H3,(H,37,41)/t23-,29+/m0/s1. The van der Waals surface area contributed by atoms with Gasteiger partial charge in [0.15, 0.2) is 0 Å². The minimum absolute atomic E-state index is 0.00773. The normalized spacial score (nSPS) is 13.2. The molecule has 3 aromatic rings. The molecule has 0 bridgehead atoms. The van der Waals surface area contributed by atoms with E-state index < -0.39 is 33.7 Å². The molecule has 2 atom stereocenters. The van der Waals surface area contributed by atoms with Crippen molar-refractivity contribution in [1.82, 2.24) is 10.2 Å². The highest BCUT2D eigenvalue weighted by molar-refractivity contribution is 7.92. The highest BCUT2D eigenvalue weighted by atomic mass is 35.5. The Bertz CT molecular complexity index is 1520. The summed E-state index contributed by atoms with van der Waals surface area (Å²) in [6.07, 6.45) is -3.03. The lowest BCUT2D eigenvalue weighted by Crippen LogP contribution is -2.52. The van der Waals surface area contributed by atoms with Gasteiger partial charge in [0.1, 0.15) is 6.04 Å². The summed E-state index contributed by atoms with van der Waals surface area (Å²) >= 11 is 6.44. The van der Waals surface area contributed by atoms with Crippen LogP contribution in [0.15, 0.2) is 78.9 Å². The third-order valence-corrected chi connectivity index (χ3v) is 8.75. The van der Waals surface area contributed by atoms with Crippen molar-refractivity contribution in [2.24, 2.45) is 0 Å². The molecule has 44 heavy (non-hydrogen) atoms. The minimum Gasteiger partial charge on any atom is -0.352 e. The summed E-state index contributed by atoms with van der Waals surface area (Å²) in [7, 11) is -3.98. The molecule has 0 heterocycles. The van der Waals surface area contributed by atoms with Gasteiger partial charge in [0.05, 0.1) is 17.5 Å². The maximum atomic E-state index is 13.9. The van der Waals surface area contributed by atoms with Crippen LogP contribution < -0.4 is 9.62 Å². The lowest BCUT2D eigenvalue weighted by atomic mass is 10.0. The molecule has 3 rings (SSSR count). The zero-order valence-electron chi connectivity index (χ0n) is 24.9. The van der Waals surface area contributed by atoms with Crippen LogP contribution in [0.3, 0.4) is 0 Å². The van der Waals surface area contributed by atoms with Crippen molar-refractivity contribution in [2.45, 2.75) is 64.3 Å². The SMILES string of the molecule is CC[C@H](C)NC(=O)[C@@H](Cc1ccccc1)N(Cc1ccccc1Cl)C(=O)CCCN(c1cccc(C(F)(F)F)c1)S(C)(=O)=O. The molecule has 0 saturated carbocycles.